The third-order valence-corrected chi connectivity index (χ3v) is 3.75. The molecular formula is C19H27NO5. The number of carboxylic acids is 1. The van der Waals surface area contributed by atoms with E-state index in [4.69, 9.17) is 9.84 Å². The van der Waals surface area contributed by atoms with Crippen LogP contribution in [-0.2, 0) is 25.7 Å². The van der Waals surface area contributed by atoms with Crippen molar-refractivity contribution >= 4 is 17.8 Å². The highest BCUT2D eigenvalue weighted by atomic mass is 16.5. The van der Waals surface area contributed by atoms with Crippen molar-refractivity contribution in [1.82, 2.24) is 5.32 Å². The fourth-order valence-corrected chi connectivity index (χ4v) is 2.32. The molecule has 0 saturated carbocycles. The molecule has 0 saturated heterocycles. The number of esters is 1. The number of aliphatic carboxylic acids is 1. The first-order valence-corrected chi connectivity index (χ1v) is 8.74. The summed E-state index contributed by atoms with van der Waals surface area (Å²) in [6, 6.07) is 8.25. The molecule has 0 heterocycles. The Morgan fingerprint density at radius 2 is 1.80 bits per heavy atom. The van der Waals surface area contributed by atoms with Gasteiger partial charge in [0, 0.05) is 12.8 Å². The van der Waals surface area contributed by atoms with Gasteiger partial charge in [-0.25, -0.2) is 4.79 Å². The van der Waals surface area contributed by atoms with Crippen LogP contribution in [0.3, 0.4) is 0 Å². The van der Waals surface area contributed by atoms with Crippen molar-refractivity contribution < 1.29 is 24.2 Å². The van der Waals surface area contributed by atoms with Gasteiger partial charge in [0.25, 0.3) is 0 Å². The molecular weight excluding hydrogens is 322 g/mol. The van der Waals surface area contributed by atoms with Gasteiger partial charge in [-0.3, -0.25) is 9.59 Å². The Bertz CT molecular complexity index is 544. The van der Waals surface area contributed by atoms with Crippen molar-refractivity contribution in [3.8, 4) is 0 Å². The Morgan fingerprint density at radius 1 is 1.08 bits per heavy atom. The molecule has 25 heavy (non-hydrogen) atoms. The Kier molecular flexibility index (Phi) is 9.97. The zero-order valence-corrected chi connectivity index (χ0v) is 14.7. The average molecular weight is 349 g/mol. The van der Waals surface area contributed by atoms with Crippen LogP contribution in [0.1, 0.15) is 57.4 Å². The number of ether oxygens (including phenoxy) is 1. The smallest absolute Gasteiger partial charge is 0.328 e. The molecule has 0 aliphatic carbocycles. The van der Waals surface area contributed by atoms with Crippen molar-refractivity contribution in [2.75, 3.05) is 0 Å². The van der Waals surface area contributed by atoms with Gasteiger partial charge in [0.2, 0.25) is 5.91 Å². The maximum absolute atomic E-state index is 12.2. The van der Waals surface area contributed by atoms with Crippen molar-refractivity contribution in [3.05, 3.63) is 35.9 Å². The van der Waals surface area contributed by atoms with Crippen LogP contribution in [0.2, 0.25) is 0 Å². The molecule has 6 nitrogen and oxygen atoms in total. The van der Waals surface area contributed by atoms with Crippen molar-refractivity contribution in [2.24, 2.45) is 0 Å². The molecule has 0 spiro atoms. The quantitative estimate of drug-likeness (QED) is 0.447. The van der Waals surface area contributed by atoms with Crippen LogP contribution >= 0.6 is 0 Å². The first kappa shape index (κ1) is 20.7. The van der Waals surface area contributed by atoms with Crippen LogP contribution in [0.4, 0.5) is 0 Å². The van der Waals surface area contributed by atoms with E-state index in [0.717, 1.165) is 31.2 Å². The number of hydrogen-bond donors (Lipinski definition) is 2. The number of unbranched alkanes of at least 4 members (excludes halogenated alkanes) is 3. The van der Waals surface area contributed by atoms with Crippen LogP contribution in [0, 0.1) is 0 Å². The highest BCUT2D eigenvalue weighted by molar-refractivity contribution is 5.84. The van der Waals surface area contributed by atoms with E-state index in [2.05, 4.69) is 12.2 Å². The number of nitrogens with one attached hydrogen (secondary N) is 1. The molecule has 1 rings (SSSR count). The number of rotatable bonds is 12. The van der Waals surface area contributed by atoms with Gasteiger partial charge in [-0.15, -0.1) is 0 Å². The zero-order chi connectivity index (χ0) is 18.5. The molecule has 0 radical (unpaired) electrons. The third-order valence-electron chi connectivity index (χ3n) is 3.75. The van der Waals surface area contributed by atoms with Gasteiger partial charge < -0.3 is 15.2 Å². The molecule has 0 bridgehead atoms. The van der Waals surface area contributed by atoms with Crippen LogP contribution in [0.15, 0.2) is 30.3 Å². The van der Waals surface area contributed by atoms with E-state index < -0.39 is 18.0 Å². The normalized spacial score (nSPS) is 11.6. The lowest BCUT2D eigenvalue weighted by molar-refractivity contribution is -0.149. The van der Waals surface area contributed by atoms with E-state index in [9.17, 15) is 14.4 Å². The van der Waals surface area contributed by atoms with E-state index in [1.54, 1.807) is 0 Å². The Morgan fingerprint density at radius 3 is 2.44 bits per heavy atom. The van der Waals surface area contributed by atoms with Gasteiger partial charge in [0.15, 0.2) is 0 Å². The Labute approximate surface area is 148 Å². The highest BCUT2D eigenvalue weighted by Gasteiger charge is 2.23. The van der Waals surface area contributed by atoms with Gasteiger partial charge in [-0.1, -0.05) is 56.5 Å². The molecule has 0 fully saturated rings. The molecule has 2 N–H and O–H groups in total. The molecule has 0 aliphatic heterocycles. The largest absolute Gasteiger partial charge is 0.481 e. The van der Waals surface area contributed by atoms with Gasteiger partial charge in [-0.2, -0.15) is 0 Å². The molecule has 1 aromatic rings. The summed E-state index contributed by atoms with van der Waals surface area (Å²) in [6.45, 7) is 2.18. The number of amides is 1. The van der Waals surface area contributed by atoms with Crippen molar-refractivity contribution in [1.29, 1.82) is 0 Å². The summed E-state index contributed by atoms with van der Waals surface area (Å²) in [5.74, 6) is -1.87. The van der Waals surface area contributed by atoms with E-state index >= 15 is 0 Å². The summed E-state index contributed by atoms with van der Waals surface area (Å²) in [4.78, 5) is 35.0. The lowest BCUT2D eigenvalue weighted by atomic mass is 10.1. The van der Waals surface area contributed by atoms with Gasteiger partial charge in [0.1, 0.15) is 12.6 Å². The topological polar surface area (TPSA) is 92.7 Å². The predicted molar refractivity (Wildman–Crippen MR) is 93.8 cm³/mol. The van der Waals surface area contributed by atoms with Gasteiger partial charge >= 0.3 is 11.9 Å². The fraction of sp³-hybridized carbons (Fsp3) is 0.526. The molecule has 6 heteroatoms. The van der Waals surface area contributed by atoms with E-state index in [-0.39, 0.29) is 25.4 Å². The molecule has 1 atom stereocenters. The summed E-state index contributed by atoms with van der Waals surface area (Å²) < 4.78 is 5.22. The summed E-state index contributed by atoms with van der Waals surface area (Å²) in [6.07, 6.45) is 4.00. The van der Waals surface area contributed by atoms with Crippen LogP contribution in [0.25, 0.3) is 0 Å². The minimum absolute atomic E-state index is 0.0175. The maximum atomic E-state index is 12.2. The second-order valence-corrected chi connectivity index (χ2v) is 5.96. The maximum Gasteiger partial charge on any atom is 0.328 e. The summed E-state index contributed by atoms with van der Waals surface area (Å²) in [5, 5.41) is 11.4. The summed E-state index contributed by atoms with van der Waals surface area (Å²) >= 11 is 0. The number of carbonyl (C=O) groups is 3. The number of carbonyl (C=O) groups excluding carboxylic acids is 2. The minimum atomic E-state index is -1.02. The highest BCUT2D eigenvalue weighted by Crippen LogP contribution is 2.07. The van der Waals surface area contributed by atoms with Crippen molar-refractivity contribution in [3.63, 3.8) is 0 Å². The standard InChI is InChI=1S/C19H27NO5/c1-2-3-4-8-11-17(21)20-16(12-13-18(22)23)19(24)25-14-15-9-6-5-7-10-15/h5-7,9-10,16H,2-4,8,11-14H2,1H3,(H,20,21)(H,22,23)/t16-/m1/s1. The number of benzene rings is 1. The predicted octanol–water partition coefficient (Wildman–Crippen LogP) is 3.05. The summed E-state index contributed by atoms with van der Waals surface area (Å²) in [7, 11) is 0. The SMILES string of the molecule is CCCCCCC(=O)N[C@H](CCC(=O)O)C(=O)OCc1ccccc1. The van der Waals surface area contributed by atoms with E-state index in [1.165, 1.54) is 0 Å². The lowest BCUT2D eigenvalue weighted by Gasteiger charge is -2.17. The molecule has 138 valence electrons. The summed E-state index contributed by atoms with van der Waals surface area (Å²) in [5.41, 5.74) is 0.832. The molecule has 0 aliphatic rings. The van der Waals surface area contributed by atoms with Crippen LogP contribution < -0.4 is 5.32 Å². The van der Waals surface area contributed by atoms with E-state index in [0.29, 0.717) is 6.42 Å². The first-order chi connectivity index (χ1) is 12.0. The zero-order valence-electron chi connectivity index (χ0n) is 14.7. The third kappa shape index (κ3) is 9.49. The lowest BCUT2D eigenvalue weighted by Crippen LogP contribution is -2.42. The van der Waals surface area contributed by atoms with Gasteiger partial charge in [-0.05, 0) is 18.4 Å². The second kappa shape index (κ2) is 12.1. The second-order valence-electron chi connectivity index (χ2n) is 5.96. The first-order valence-electron chi connectivity index (χ1n) is 8.74. The monoisotopic (exact) mass is 349 g/mol. The van der Waals surface area contributed by atoms with Crippen LogP contribution in [0.5, 0.6) is 0 Å². The molecule has 0 aromatic heterocycles. The van der Waals surface area contributed by atoms with E-state index in [1.807, 2.05) is 30.3 Å². The fourth-order valence-electron chi connectivity index (χ4n) is 2.32. The average Bonchev–Trinajstić information content (AvgIpc) is 2.61. The minimum Gasteiger partial charge on any atom is -0.481 e. The van der Waals surface area contributed by atoms with Crippen LogP contribution in [-0.4, -0.2) is 29.0 Å². The van der Waals surface area contributed by atoms with Gasteiger partial charge in [0.05, 0.1) is 0 Å². The molecule has 1 aromatic carbocycles. The molecule has 0 unspecified atom stereocenters. The Hall–Kier alpha value is -2.37. The number of hydrogen-bond acceptors (Lipinski definition) is 4. The Balaban J connectivity index is 2.50. The van der Waals surface area contributed by atoms with Crippen molar-refractivity contribution in [2.45, 2.75) is 64.5 Å². The molecule has 1 amide bonds. The number of carboxylic acid groups (broad SMARTS) is 1.